The van der Waals surface area contributed by atoms with Crippen molar-refractivity contribution in [3.05, 3.63) is 28.9 Å². The van der Waals surface area contributed by atoms with Crippen LogP contribution in [0.25, 0.3) is 0 Å². The van der Waals surface area contributed by atoms with E-state index in [0.29, 0.717) is 0 Å². The van der Waals surface area contributed by atoms with Gasteiger partial charge in [-0.25, -0.2) is 14.6 Å². The number of methoxy groups -OCH3 is 1. The third kappa shape index (κ3) is 4.88. The minimum absolute atomic E-state index is 0.152. The van der Waals surface area contributed by atoms with E-state index in [2.05, 4.69) is 10.3 Å². The molecule has 1 heterocycles. The van der Waals surface area contributed by atoms with Crippen LogP contribution in [0.3, 0.4) is 0 Å². The number of carboxylic acid groups (broad SMARTS) is 1. The summed E-state index contributed by atoms with van der Waals surface area (Å²) in [5.74, 6) is -1.72. The van der Waals surface area contributed by atoms with Crippen LogP contribution in [0.1, 0.15) is 6.42 Å². The average molecular weight is 269 g/mol. The molecule has 0 spiro atoms. The van der Waals surface area contributed by atoms with Crippen LogP contribution >= 0.6 is 0 Å². The van der Waals surface area contributed by atoms with Crippen LogP contribution < -0.4 is 11.0 Å². The second-order valence-corrected chi connectivity index (χ2v) is 3.77. The monoisotopic (exact) mass is 269 g/mol. The van der Waals surface area contributed by atoms with Crippen molar-refractivity contribution >= 4 is 11.9 Å². The molecule has 19 heavy (non-hydrogen) atoms. The second kappa shape index (κ2) is 7.27. The molecule has 1 amide bonds. The van der Waals surface area contributed by atoms with Gasteiger partial charge in [0, 0.05) is 32.5 Å². The summed E-state index contributed by atoms with van der Waals surface area (Å²) in [7, 11) is 1.44. The standard InChI is InChI=1S/C11H15N3O5/c1-19-6-3-8(10(16)17)13-9(15)7-14-5-2-4-12-11(14)18/h2,4-5,8H,3,6-7H2,1H3,(H,13,15)(H,16,17). The summed E-state index contributed by atoms with van der Waals surface area (Å²) < 4.78 is 5.85. The fourth-order valence-electron chi connectivity index (χ4n) is 1.40. The second-order valence-electron chi connectivity index (χ2n) is 3.77. The Morgan fingerprint density at radius 3 is 2.89 bits per heavy atom. The SMILES string of the molecule is COCCC(NC(=O)Cn1cccnc1=O)C(=O)O. The molecule has 104 valence electrons. The molecular weight excluding hydrogens is 254 g/mol. The highest BCUT2D eigenvalue weighted by molar-refractivity contribution is 5.83. The van der Waals surface area contributed by atoms with Gasteiger partial charge in [0.15, 0.2) is 0 Å². The van der Waals surface area contributed by atoms with E-state index in [0.717, 1.165) is 4.57 Å². The molecule has 1 aromatic rings. The summed E-state index contributed by atoms with van der Waals surface area (Å²) in [4.78, 5) is 37.3. The van der Waals surface area contributed by atoms with E-state index < -0.39 is 23.6 Å². The van der Waals surface area contributed by atoms with Gasteiger partial charge in [0.05, 0.1) is 0 Å². The maximum absolute atomic E-state index is 11.6. The van der Waals surface area contributed by atoms with Crippen LogP contribution in [-0.2, 0) is 20.9 Å². The van der Waals surface area contributed by atoms with Gasteiger partial charge in [-0.15, -0.1) is 0 Å². The van der Waals surface area contributed by atoms with Crippen molar-refractivity contribution in [1.82, 2.24) is 14.9 Å². The normalized spacial score (nSPS) is 11.8. The molecule has 8 nitrogen and oxygen atoms in total. The van der Waals surface area contributed by atoms with Gasteiger partial charge in [0.25, 0.3) is 0 Å². The van der Waals surface area contributed by atoms with E-state index in [9.17, 15) is 14.4 Å². The van der Waals surface area contributed by atoms with Crippen molar-refractivity contribution in [2.24, 2.45) is 0 Å². The van der Waals surface area contributed by atoms with Crippen molar-refractivity contribution in [3.8, 4) is 0 Å². The quantitative estimate of drug-likeness (QED) is 0.646. The molecule has 1 rings (SSSR count). The lowest BCUT2D eigenvalue weighted by atomic mass is 10.2. The fourth-order valence-corrected chi connectivity index (χ4v) is 1.40. The minimum atomic E-state index is -1.15. The summed E-state index contributed by atoms with van der Waals surface area (Å²) in [5, 5.41) is 11.2. The molecule has 0 aliphatic rings. The lowest BCUT2D eigenvalue weighted by Gasteiger charge is -2.14. The Kier molecular flexibility index (Phi) is 5.68. The molecule has 1 unspecified atom stereocenters. The summed E-state index contributed by atoms with van der Waals surface area (Å²) in [6, 6.07) is 0.466. The first-order valence-electron chi connectivity index (χ1n) is 5.57. The molecule has 1 aromatic heterocycles. The number of carbonyl (C=O) groups excluding carboxylic acids is 1. The lowest BCUT2D eigenvalue weighted by Crippen LogP contribution is -2.44. The van der Waals surface area contributed by atoms with E-state index in [1.54, 1.807) is 0 Å². The summed E-state index contributed by atoms with van der Waals surface area (Å²) in [6.45, 7) is -0.0620. The van der Waals surface area contributed by atoms with E-state index >= 15 is 0 Å². The highest BCUT2D eigenvalue weighted by Crippen LogP contribution is 1.94. The number of amides is 1. The van der Waals surface area contributed by atoms with Gasteiger partial charge in [-0.3, -0.25) is 9.36 Å². The first kappa shape index (κ1) is 14.8. The number of ether oxygens (including phenoxy) is 1. The Morgan fingerprint density at radius 2 is 2.32 bits per heavy atom. The van der Waals surface area contributed by atoms with Gasteiger partial charge in [-0.05, 0) is 6.07 Å². The number of hydrogen-bond donors (Lipinski definition) is 2. The van der Waals surface area contributed by atoms with Crippen LogP contribution in [-0.4, -0.2) is 46.3 Å². The highest BCUT2D eigenvalue weighted by atomic mass is 16.5. The van der Waals surface area contributed by atoms with Crippen LogP contribution in [0, 0.1) is 0 Å². The molecule has 0 aliphatic heterocycles. The largest absolute Gasteiger partial charge is 0.480 e. The number of nitrogens with zero attached hydrogens (tertiary/aromatic N) is 2. The van der Waals surface area contributed by atoms with Crippen molar-refractivity contribution in [2.45, 2.75) is 19.0 Å². The minimum Gasteiger partial charge on any atom is -0.480 e. The van der Waals surface area contributed by atoms with Crippen molar-refractivity contribution in [1.29, 1.82) is 0 Å². The molecule has 0 saturated carbocycles. The molecule has 0 aliphatic carbocycles. The predicted octanol–water partition coefficient (Wildman–Crippen LogP) is -1.15. The summed E-state index contributed by atoms with van der Waals surface area (Å²) in [5.41, 5.74) is -0.568. The number of nitrogens with one attached hydrogen (secondary N) is 1. The Morgan fingerprint density at radius 1 is 1.58 bits per heavy atom. The third-order valence-electron chi connectivity index (χ3n) is 2.34. The highest BCUT2D eigenvalue weighted by Gasteiger charge is 2.19. The molecule has 8 heteroatoms. The Balaban J connectivity index is 2.60. The predicted molar refractivity (Wildman–Crippen MR) is 64.6 cm³/mol. The third-order valence-corrected chi connectivity index (χ3v) is 2.34. The van der Waals surface area contributed by atoms with E-state index in [-0.39, 0.29) is 19.6 Å². The summed E-state index contributed by atoms with van der Waals surface area (Å²) in [6.07, 6.45) is 2.87. The number of aliphatic carboxylic acids is 1. The molecule has 0 fully saturated rings. The van der Waals surface area contributed by atoms with Crippen LogP contribution in [0.15, 0.2) is 23.3 Å². The van der Waals surface area contributed by atoms with Gasteiger partial charge in [0.2, 0.25) is 5.91 Å². The number of aromatic nitrogens is 2. The zero-order chi connectivity index (χ0) is 14.3. The molecule has 1 atom stereocenters. The fraction of sp³-hybridized carbons (Fsp3) is 0.455. The molecular formula is C11H15N3O5. The van der Waals surface area contributed by atoms with E-state index in [1.807, 2.05) is 0 Å². The summed E-state index contributed by atoms with van der Waals surface area (Å²) >= 11 is 0. The molecule has 2 N–H and O–H groups in total. The van der Waals surface area contributed by atoms with E-state index in [4.69, 9.17) is 9.84 Å². The maximum atomic E-state index is 11.6. The first-order valence-corrected chi connectivity index (χ1v) is 5.57. The van der Waals surface area contributed by atoms with Crippen molar-refractivity contribution in [2.75, 3.05) is 13.7 Å². The lowest BCUT2D eigenvalue weighted by molar-refractivity contribution is -0.142. The number of rotatable bonds is 7. The number of carbonyl (C=O) groups is 2. The van der Waals surface area contributed by atoms with Gasteiger partial charge >= 0.3 is 11.7 Å². The van der Waals surface area contributed by atoms with Crippen LogP contribution in [0.2, 0.25) is 0 Å². The molecule has 0 bridgehead atoms. The first-order chi connectivity index (χ1) is 9.04. The Bertz CT molecular complexity index is 499. The van der Waals surface area contributed by atoms with Gasteiger partial charge < -0.3 is 15.2 Å². The maximum Gasteiger partial charge on any atom is 0.347 e. The molecule has 0 aromatic carbocycles. The van der Waals surface area contributed by atoms with Gasteiger partial charge in [-0.2, -0.15) is 0 Å². The van der Waals surface area contributed by atoms with Gasteiger partial charge in [-0.1, -0.05) is 0 Å². The zero-order valence-corrected chi connectivity index (χ0v) is 10.4. The Hall–Kier alpha value is -2.22. The molecule has 0 saturated heterocycles. The molecule has 0 radical (unpaired) electrons. The number of carboxylic acids is 1. The van der Waals surface area contributed by atoms with Crippen molar-refractivity contribution in [3.63, 3.8) is 0 Å². The Labute approximate surface area is 109 Å². The smallest absolute Gasteiger partial charge is 0.347 e. The van der Waals surface area contributed by atoms with E-state index in [1.165, 1.54) is 25.6 Å². The van der Waals surface area contributed by atoms with Crippen LogP contribution in [0.5, 0.6) is 0 Å². The van der Waals surface area contributed by atoms with Gasteiger partial charge in [0.1, 0.15) is 12.6 Å². The zero-order valence-electron chi connectivity index (χ0n) is 10.4. The topological polar surface area (TPSA) is 111 Å². The average Bonchev–Trinajstić information content (AvgIpc) is 2.37. The van der Waals surface area contributed by atoms with Crippen LogP contribution in [0.4, 0.5) is 0 Å². The van der Waals surface area contributed by atoms with Crippen molar-refractivity contribution < 1.29 is 19.4 Å². The number of hydrogen-bond acceptors (Lipinski definition) is 5.